The Morgan fingerprint density at radius 2 is 2.00 bits per heavy atom. The molecule has 20 heavy (non-hydrogen) atoms. The second-order valence-corrected chi connectivity index (χ2v) is 5.01. The van der Waals surface area contributed by atoms with Crippen LogP contribution < -0.4 is 10.5 Å². The van der Waals surface area contributed by atoms with Gasteiger partial charge < -0.3 is 19.9 Å². The molecule has 0 spiro atoms. The Morgan fingerprint density at radius 3 is 2.70 bits per heavy atom. The molecule has 1 fully saturated rings. The highest BCUT2D eigenvalue weighted by Crippen LogP contribution is 2.27. The van der Waals surface area contributed by atoms with Crippen molar-refractivity contribution in [3.05, 3.63) is 23.8 Å². The molecule has 0 saturated heterocycles. The van der Waals surface area contributed by atoms with Gasteiger partial charge in [0.25, 0.3) is 0 Å². The highest BCUT2D eigenvalue weighted by atomic mass is 16.5. The van der Waals surface area contributed by atoms with Gasteiger partial charge in [-0.05, 0) is 31.4 Å². The van der Waals surface area contributed by atoms with Crippen molar-refractivity contribution in [2.24, 2.45) is 0 Å². The minimum Gasteiger partial charge on any atom is -0.496 e. The van der Waals surface area contributed by atoms with Gasteiger partial charge in [0.15, 0.2) is 0 Å². The number of ether oxygens (including phenoxy) is 3. The Morgan fingerprint density at radius 1 is 1.25 bits per heavy atom. The first-order chi connectivity index (χ1) is 9.63. The Hall–Kier alpha value is -1.75. The van der Waals surface area contributed by atoms with E-state index in [2.05, 4.69) is 0 Å². The van der Waals surface area contributed by atoms with E-state index >= 15 is 0 Å². The van der Waals surface area contributed by atoms with Crippen LogP contribution in [0.5, 0.6) is 5.75 Å². The zero-order valence-electron chi connectivity index (χ0n) is 11.9. The first kappa shape index (κ1) is 14.7. The molecule has 5 heteroatoms. The number of nitrogens with two attached hydrogens (primary N) is 1. The number of carbonyl (C=O) groups is 1. The van der Waals surface area contributed by atoms with Crippen LogP contribution in [0, 0.1) is 0 Å². The molecule has 1 aliphatic carbocycles. The minimum atomic E-state index is -0.372. The van der Waals surface area contributed by atoms with Crippen LogP contribution in [0.2, 0.25) is 0 Å². The molecule has 110 valence electrons. The molecule has 0 amide bonds. The second-order valence-electron chi connectivity index (χ2n) is 5.01. The smallest absolute Gasteiger partial charge is 0.342 e. The molecule has 2 atom stereocenters. The van der Waals surface area contributed by atoms with E-state index in [9.17, 15) is 4.79 Å². The average molecular weight is 279 g/mol. The molecule has 0 radical (unpaired) electrons. The Balaban J connectivity index is 2.04. The molecule has 1 aromatic rings. The summed E-state index contributed by atoms with van der Waals surface area (Å²) in [6.45, 7) is 0. The monoisotopic (exact) mass is 279 g/mol. The van der Waals surface area contributed by atoms with E-state index in [1.165, 1.54) is 7.11 Å². The van der Waals surface area contributed by atoms with Gasteiger partial charge in [-0.1, -0.05) is 0 Å². The standard InChI is InChI=1S/C15H21NO4/c1-18-11-4-3-5-12(9-11)20-15(17)13-7-6-10(16)8-14(13)19-2/h6-8,11-12H,3-5,9,16H2,1-2H3. The van der Waals surface area contributed by atoms with Crippen molar-refractivity contribution >= 4 is 11.7 Å². The lowest BCUT2D eigenvalue weighted by molar-refractivity contribution is -0.0150. The van der Waals surface area contributed by atoms with Gasteiger partial charge in [0.05, 0.1) is 13.2 Å². The molecule has 2 unspecified atom stereocenters. The highest BCUT2D eigenvalue weighted by Gasteiger charge is 2.26. The van der Waals surface area contributed by atoms with Crippen molar-refractivity contribution < 1.29 is 19.0 Å². The SMILES string of the molecule is COc1cc(N)ccc1C(=O)OC1CCCC(OC)C1. The number of hydrogen-bond donors (Lipinski definition) is 1. The maximum absolute atomic E-state index is 12.2. The summed E-state index contributed by atoms with van der Waals surface area (Å²) in [4.78, 5) is 12.2. The normalized spacial score (nSPS) is 22.3. The van der Waals surface area contributed by atoms with Crippen molar-refractivity contribution in [1.29, 1.82) is 0 Å². The third-order valence-corrected chi connectivity index (χ3v) is 3.63. The van der Waals surface area contributed by atoms with Crippen LogP contribution in [0.3, 0.4) is 0 Å². The average Bonchev–Trinajstić information content (AvgIpc) is 2.47. The van der Waals surface area contributed by atoms with Crippen LogP contribution in [-0.2, 0) is 9.47 Å². The van der Waals surface area contributed by atoms with Gasteiger partial charge in [-0.15, -0.1) is 0 Å². The number of methoxy groups -OCH3 is 2. The van der Waals surface area contributed by atoms with Gasteiger partial charge in [-0.25, -0.2) is 4.79 Å². The Kier molecular flexibility index (Phi) is 4.84. The third-order valence-electron chi connectivity index (χ3n) is 3.63. The summed E-state index contributed by atoms with van der Waals surface area (Å²) < 4.78 is 16.1. The summed E-state index contributed by atoms with van der Waals surface area (Å²) in [5, 5.41) is 0. The van der Waals surface area contributed by atoms with E-state index in [4.69, 9.17) is 19.9 Å². The number of hydrogen-bond acceptors (Lipinski definition) is 5. The number of anilines is 1. The quantitative estimate of drug-likeness (QED) is 0.677. The molecule has 0 heterocycles. The van der Waals surface area contributed by atoms with E-state index in [0.29, 0.717) is 17.0 Å². The number of esters is 1. The molecule has 2 rings (SSSR count). The van der Waals surface area contributed by atoms with E-state index in [-0.39, 0.29) is 18.2 Å². The molecule has 1 aliphatic rings. The van der Waals surface area contributed by atoms with Gasteiger partial charge in [-0.2, -0.15) is 0 Å². The van der Waals surface area contributed by atoms with E-state index in [1.54, 1.807) is 25.3 Å². The fraction of sp³-hybridized carbons (Fsp3) is 0.533. The fourth-order valence-corrected chi connectivity index (χ4v) is 2.51. The number of nitrogen functional groups attached to an aromatic ring is 1. The van der Waals surface area contributed by atoms with Crippen LogP contribution in [0.1, 0.15) is 36.0 Å². The summed E-state index contributed by atoms with van der Waals surface area (Å²) in [6.07, 6.45) is 3.74. The first-order valence-corrected chi connectivity index (χ1v) is 6.81. The lowest BCUT2D eigenvalue weighted by atomic mass is 9.95. The fourth-order valence-electron chi connectivity index (χ4n) is 2.51. The Labute approximate surface area is 119 Å². The maximum Gasteiger partial charge on any atom is 0.342 e. The molecular weight excluding hydrogens is 258 g/mol. The van der Waals surface area contributed by atoms with Crippen LogP contribution in [0.25, 0.3) is 0 Å². The molecule has 0 aromatic heterocycles. The number of rotatable bonds is 4. The van der Waals surface area contributed by atoms with Crippen LogP contribution in [0.4, 0.5) is 5.69 Å². The molecule has 1 saturated carbocycles. The maximum atomic E-state index is 12.2. The van der Waals surface area contributed by atoms with Crippen molar-refractivity contribution in [2.75, 3.05) is 20.0 Å². The van der Waals surface area contributed by atoms with Crippen LogP contribution >= 0.6 is 0 Å². The highest BCUT2D eigenvalue weighted by molar-refractivity contribution is 5.93. The summed E-state index contributed by atoms with van der Waals surface area (Å²) in [5.74, 6) is 0.0673. The molecular formula is C15H21NO4. The van der Waals surface area contributed by atoms with Crippen molar-refractivity contribution in [3.63, 3.8) is 0 Å². The number of benzene rings is 1. The topological polar surface area (TPSA) is 70.8 Å². The predicted molar refractivity (Wildman–Crippen MR) is 75.9 cm³/mol. The van der Waals surface area contributed by atoms with Gasteiger partial charge >= 0.3 is 5.97 Å². The van der Waals surface area contributed by atoms with Gasteiger partial charge in [0.1, 0.15) is 17.4 Å². The zero-order valence-corrected chi connectivity index (χ0v) is 11.9. The molecule has 0 bridgehead atoms. The van der Waals surface area contributed by atoms with Crippen LogP contribution in [0.15, 0.2) is 18.2 Å². The molecule has 2 N–H and O–H groups in total. The van der Waals surface area contributed by atoms with Crippen LogP contribution in [-0.4, -0.2) is 32.4 Å². The van der Waals surface area contributed by atoms with E-state index < -0.39 is 0 Å². The first-order valence-electron chi connectivity index (χ1n) is 6.81. The zero-order chi connectivity index (χ0) is 14.5. The summed E-state index contributed by atoms with van der Waals surface area (Å²) in [5.41, 5.74) is 6.63. The second kappa shape index (κ2) is 6.61. The Bertz CT molecular complexity index is 475. The number of carbonyl (C=O) groups excluding carboxylic acids is 1. The summed E-state index contributed by atoms with van der Waals surface area (Å²) >= 11 is 0. The molecule has 0 aliphatic heterocycles. The van der Waals surface area contributed by atoms with Crippen molar-refractivity contribution in [1.82, 2.24) is 0 Å². The van der Waals surface area contributed by atoms with E-state index in [1.807, 2.05) is 0 Å². The van der Waals surface area contributed by atoms with Gasteiger partial charge in [0.2, 0.25) is 0 Å². The van der Waals surface area contributed by atoms with Crippen molar-refractivity contribution in [3.8, 4) is 5.75 Å². The van der Waals surface area contributed by atoms with Gasteiger partial charge in [-0.3, -0.25) is 0 Å². The molecule has 5 nitrogen and oxygen atoms in total. The lowest BCUT2D eigenvalue weighted by Crippen LogP contribution is -2.29. The lowest BCUT2D eigenvalue weighted by Gasteiger charge is -2.28. The van der Waals surface area contributed by atoms with Gasteiger partial charge in [0, 0.05) is 25.3 Å². The minimum absolute atomic E-state index is 0.0940. The summed E-state index contributed by atoms with van der Waals surface area (Å²) in [6, 6.07) is 4.92. The molecule has 1 aromatic carbocycles. The third kappa shape index (κ3) is 3.42. The largest absolute Gasteiger partial charge is 0.496 e. The predicted octanol–water partition coefficient (Wildman–Crippen LogP) is 2.39. The van der Waals surface area contributed by atoms with Crippen molar-refractivity contribution in [2.45, 2.75) is 37.9 Å². The summed E-state index contributed by atoms with van der Waals surface area (Å²) in [7, 11) is 3.20. The van der Waals surface area contributed by atoms with E-state index in [0.717, 1.165) is 25.7 Å².